The molecule has 1 aromatic carbocycles. The van der Waals surface area contributed by atoms with Crippen molar-refractivity contribution in [1.29, 1.82) is 0 Å². The molecule has 1 fully saturated rings. The van der Waals surface area contributed by atoms with E-state index < -0.39 is 11.7 Å². The van der Waals surface area contributed by atoms with Gasteiger partial charge in [-0.15, -0.1) is 0 Å². The summed E-state index contributed by atoms with van der Waals surface area (Å²) in [7, 11) is 1.62. The minimum absolute atomic E-state index is 0.0507. The number of aryl methyl sites for hydroxylation is 1. The van der Waals surface area contributed by atoms with Gasteiger partial charge in [0, 0.05) is 45.7 Å². The van der Waals surface area contributed by atoms with Gasteiger partial charge in [0.1, 0.15) is 0 Å². The Labute approximate surface area is 176 Å². The second kappa shape index (κ2) is 7.68. The summed E-state index contributed by atoms with van der Waals surface area (Å²) in [4.78, 5) is 32.5. The number of fused-ring (bicyclic) bond motifs is 1. The topological polar surface area (TPSA) is 71.3 Å². The van der Waals surface area contributed by atoms with Crippen molar-refractivity contribution in [1.82, 2.24) is 24.6 Å². The highest BCUT2D eigenvalue weighted by atomic mass is 19.4. The van der Waals surface area contributed by atoms with Crippen LogP contribution < -0.4 is 0 Å². The SMILES string of the molecule is CC(=O)N1CCN(C(=O)c2cc(-c3ccccc3C(F)(F)F)nc3c2cnn3C)CC1. The van der Waals surface area contributed by atoms with Gasteiger partial charge < -0.3 is 9.80 Å². The summed E-state index contributed by atoms with van der Waals surface area (Å²) < 4.78 is 42.1. The van der Waals surface area contributed by atoms with Crippen LogP contribution in [0.3, 0.4) is 0 Å². The van der Waals surface area contributed by atoms with Crippen LogP contribution in [0.15, 0.2) is 36.5 Å². The molecule has 0 radical (unpaired) electrons. The van der Waals surface area contributed by atoms with Crippen molar-refractivity contribution in [2.45, 2.75) is 13.1 Å². The van der Waals surface area contributed by atoms with E-state index in [2.05, 4.69) is 10.1 Å². The molecule has 0 unspecified atom stereocenters. The van der Waals surface area contributed by atoms with Crippen LogP contribution in [-0.2, 0) is 18.0 Å². The molecule has 3 aromatic rings. The van der Waals surface area contributed by atoms with Gasteiger partial charge >= 0.3 is 6.18 Å². The van der Waals surface area contributed by atoms with Crippen LogP contribution in [0.4, 0.5) is 13.2 Å². The van der Waals surface area contributed by atoms with Gasteiger partial charge in [-0.05, 0) is 12.1 Å². The van der Waals surface area contributed by atoms with Crippen LogP contribution in [-0.4, -0.2) is 62.6 Å². The van der Waals surface area contributed by atoms with Crippen LogP contribution in [0, 0.1) is 0 Å². The molecule has 1 aliphatic rings. The molecule has 3 heterocycles. The number of alkyl halides is 3. The molecule has 1 saturated heterocycles. The molecule has 2 aromatic heterocycles. The number of hydrogen-bond acceptors (Lipinski definition) is 4. The Bertz CT molecular complexity index is 1160. The number of hydrogen-bond donors (Lipinski definition) is 0. The van der Waals surface area contributed by atoms with Gasteiger partial charge in [0.15, 0.2) is 5.65 Å². The zero-order valence-corrected chi connectivity index (χ0v) is 17.0. The maximum Gasteiger partial charge on any atom is 0.417 e. The molecule has 2 amide bonds. The first-order valence-corrected chi connectivity index (χ1v) is 9.71. The molecular formula is C21H20F3N5O2. The number of carbonyl (C=O) groups is 2. The highest BCUT2D eigenvalue weighted by Gasteiger charge is 2.34. The molecule has 0 aliphatic carbocycles. The zero-order chi connectivity index (χ0) is 22.3. The van der Waals surface area contributed by atoms with E-state index in [0.717, 1.165) is 6.07 Å². The van der Waals surface area contributed by atoms with E-state index in [-0.39, 0.29) is 28.6 Å². The van der Waals surface area contributed by atoms with E-state index in [4.69, 9.17) is 0 Å². The van der Waals surface area contributed by atoms with Crippen molar-refractivity contribution in [2.24, 2.45) is 7.05 Å². The average molecular weight is 431 g/mol. The molecule has 0 N–H and O–H groups in total. The summed E-state index contributed by atoms with van der Waals surface area (Å²) in [6.07, 6.45) is -3.08. The van der Waals surface area contributed by atoms with E-state index in [1.807, 2.05) is 0 Å². The Morgan fingerprint density at radius 3 is 2.32 bits per heavy atom. The summed E-state index contributed by atoms with van der Waals surface area (Å²) >= 11 is 0. The van der Waals surface area contributed by atoms with Gasteiger partial charge in [-0.1, -0.05) is 18.2 Å². The maximum absolute atomic E-state index is 13.6. The Balaban J connectivity index is 1.79. The van der Waals surface area contributed by atoms with E-state index in [1.165, 1.54) is 42.1 Å². The molecule has 10 heteroatoms. The fourth-order valence-electron chi connectivity index (χ4n) is 3.78. The Morgan fingerprint density at radius 1 is 1.03 bits per heavy atom. The summed E-state index contributed by atoms with van der Waals surface area (Å²) in [5.41, 5.74) is -0.317. The minimum atomic E-state index is -4.56. The van der Waals surface area contributed by atoms with Crippen molar-refractivity contribution < 1.29 is 22.8 Å². The lowest BCUT2D eigenvalue weighted by Crippen LogP contribution is -2.50. The molecule has 1 aliphatic heterocycles. The highest BCUT2D eigenvalue weighted by molar-refractivity contribution is 6.06. The number of amides is 2. The molecule has 7 nitrogen and oxygen atoms in total. The third kappa shape index (κ3) is 3.85. The number of carbonyl (C=O) groups excluding carboxylic acids is 2. The second-order valence-corrected chi connectivity index (χ2v) is 7.40. The largest absolute Gasteiger partial charge is 0.417 e. The Morgan fingerprint density at radius 2 is 1.68 bits per heavy atom. The first kappa shape index (κ1) is 20.8. The maximum atomic E-state index is 13.6. The van der Waals surface area contributed by atoms with Gasteiger partial charge in [-0.2, -0.15) is 18.3 Å². The average Bonchev–Trinajstić information content (AvgIpc) is 3.13. The van der Waals surface area contributed by atoms with Crippen LogP contribution in [0.2, 0.25) is 0 Å². The van der Waals surface area contributed by atoms with Crippen LogP contribution >= 0.6 is 0 Å². The van der Waals surface area contributed by atoms with E-state index >= 15 is 0 Å². The summed E-state index contributed by atoms with van der Waals surface area (Å²) in [6, 6.07) is 6.55. The van der Waals surface area contributed by atoms with Crippen LogP contribution in [0.25, 0.3) is 22.3 Å². The van der Waals surface area contributed by atoms with Gasteiger partial charge in [-0.25, -0.2) is 4.98 Å². The molecular weight excluding hydrogens is 411 g/mol. The van der Waals surface area contributed by atoms with Crippen LogP contribution in [0.1, 0.15) is 22.8 Å². The van der Waals surface area contributed by atoms with Crippen molar-refractivity contribution in [2.75, 3.05) is 26.2 Å². The lowest BCUT2D eigenvalue weighted by molar-refractivity contribution is -0.137. The number of pyridine rings is 1. The second-order valence-electron chi connectivity index (χ2n) is 7.40. The molecule has 0 saturated carbocycles. The third-order valence-corrected chi connectivity index (χ3v) is 5.46. The normalized spacial score (nSPS) is 14.9. The van der Waals surface area contributed by atoms with Gasteiger partial charge in [-0.3, -0.25) is 14.3 Å². The molecule has 4 rings (SSSR count). The highest BCUT2D eigenvalue weighted by Crippen LogP contribution is 2.37. The lowest BCUT2D eigenvalue weighted by atomic mass is 10.0. The van der Waals surface area contributed by atoms with Crippen molar-refractivity contribution in [3.63, 3.8) is 0 Å². The molecule has 162 valence electrons. The van der Waals surface area contributed by atoms with Crippen molar-refractivity contribution in [3.05, 3.63) is 47.7 Å². The minimum Gasteiger partial charge on any atom is -0.339 e. The zero-order valence-electron chi connectivity index (χ0n) is 17.0. The number of halogens is 3. The predicted octanol–water partition coefficient (Wildman–Crippen LogP) is 2.96. The third-order valence-electron chi connectivity index (χ3n) is 5.46. The van der Waals surface area contributed by atoms with Gasteiger partial charge in [0.2, 0.25) is 5.91 Å². The van der Waals surface area contributed by atoms with E-state index in [0.29, 0.717) is 37.2 Å². The standard InChI is InChI=1S/C21H20F3N5O2/c1-13(30)28-7-9-29(10-8-28)20(31)15-11-18(26-19-16(15)12-25-27(19)2)14-5-3-4-6-17(14)21(22,23)24/h3-6,11-12H,7-10H2,1-2H3. The fourth-order valence-corrected chi connectivity index (χ4v) is 3.78. The number of benzene rings is 1. The number of rotatable bonds is 2. The summed E-state index contributed by atoms with van der Waals surface area (Å²) in [5.74, 6) is -0.383. The first-order chi connectivity index (χ1) is 14.7. The van der Waals surface area contributed by atoms with E-state index in [1.54, 1.807) is 16.8 Å². The number of nitrogens with zero attached hydrogens (tertiary/aromatic N) is 5. The molecule has 0 atom stereocenters. The van der Waals surface area contributed by atoms with Gasteiger partial charge in [0.05, 0.1) is 28.4 Å². The monoisotopic (exact) mass is 431 g/mol. The van der Waals surface area contributed by atoms with Crippen molar-refractivity contribution in [3.8, 4) is 11.3 Å². The van der Waals surface area contributed by atoms with E-state index in [9.17, 15) is 22.8 Å². The number of piperazine rings is 1. The predicted molar refractivity (Wildman–Crippen MR) is 107 cm³/mol. The Hall–Kier alpha value is -3.43. The molecule has 0 bridgehead atoms. The quantitative estimate of drug-likeness (QED) is 0.626. The van der Waals surface area contributed by atoms with Gasteiger partial charge in [0.25, 0.3) is 5.91 Å². The molecule has 0 spiro atoms. The molecule has 31 heavy (non-hydrogen) atoms. The first-order valence-electron chi connectivity index (χ1n) is 9.71. The number of aromatic nitrogens is 3. The summed E-state index contributed by atoms with van der Waals surface area (Å²) in [6.45, 7) is 2.98. The lowest BCUT2D eigenvalue weighted by Gasteiger charge is -2.34. The van der Waals surface area contributed by atoms with Crippen molar-refractivity contribution >= 4 is 22.8 Å². The smallest absolute Gasteiger partial charge is 0.339 e. The van der Waals surface area contributed by atoms with Crippen LogP contribution in [0.5, 0.6) is 0 Å². The Kier molecular flexibility index (Phi) is 5.16. The fraction of sp³-hybridized carbons (Fsp3) is 0.333. The summed E-state index contributed by atoms with van der Waals surface area (Å²) in [5, 5.41) is 4.60.